The Bertz CT molecular complexity index is 427. The molecule has 18 heavy (non-hydrogen) atoms. The van der Waals surface area contributed by atoms with Crippen molar-refractivity contribution in [1.82, 2.24) is 5.32 Å². The van der Waals surface area contributed by atoms with Gasteiger partial charge in [0.2, 0.25) is 0 Å². The summed E-state index contributed by atoms with van der Waals surface area (Å²) < 4.78 is 5.33. The molecule has 0 heterocycles. The summed E-state index contributed by atoms with van der Waals surface area (Å²) in [6.45, 7) is 5.87. The summed E-state index contributed by atoms with van der Waals surface area (Å²) in [5.41, 5.74) is 0.298. The Morgan fingerprint density at radius 2 is 2.17 bits per heavy atom. The summed E-state index contributed by atoms with van der Waals surface area (Å²) in [5.74, 6) is 0.349. The number of amides is 1. The number of hydrogen-bond donors (Lipinski definition) is 1. The SMILES string of the molecule is CCC(C)(C)NC(=O)COc1cccc(C=O)c1. The first kappa shape index (κ1) is 14.2. The zero-order chi connectivity index (χ0) is 13.6. The predicted octanol–water partition coefficient (Wildman–Crippen LogP) is 2.18. The largest absolute Gasteiger partial charge is 0.484 e. The van der Waals surface area contributed by atoms with Crippen LogP contribution in [0, 0.1) is 0 Å². The van der Waals surface area contributed by atoms with Crippen molar-refractivity contribution in [3.8, 4) is 5.75 Å². The standard InChI is InChI=1S/C14H19NO3/c1-4-14(2,3)15-13(17)10-18-12-7-5-6-11(8-12)9-16/h5-9H,4,10H2,1-3H3,(H,15,17). The fraction of sp³-hybridized carbons (Fsp3) is 0.429. The summed E-state index contributed by atoms with van der Waals surface area (Å²) in [4.78, 5) is 22.2. The molecule has 0 spiro atoms. The maximum absolute atomic E-state index is 11.6. The van der Waals surface area contributed by atoms with Crippen LogP contribution in [-0.2, 0) is 4.79 Å². The minimum Gasteiger partial charge on any atom is -0.484 e. The lowest BCUT2D eigenvalue weighted by molar-refractivity contribution is -0.124. The first-order chi connectivity index (χ1) is 8.46. The van der Waals surface area contributed by atoms with Gasteiger partial charge in [-0.05, 0) is 32.4 Å². The van der Waals surface area contributed by atoms with Crippen molar-refractivity contribution >= 4 is 12.2 Å². The van der Waals surface area contributed by atoms with Crippen LogP contribution in [0.5, 0.6) is 5.75 Å². The van der Waals surface area contributed by atoms with E-state index in [4.69, 9.17) is 4.74 Å². The number of nitrogens with one attached hydrogen (secondary N) is 1. The Morgan fingerprint density at radius 3 is 2.78 bits per heavy atom. The van der Waals surface area contributed by atoms with Gasteiger partial charge in [0, 0.05) is 11.1 Å². The average Bonchev–Trinajstić information content (AvgIpc) is 2.36. The number of benzene rings is 1. The normalized spacial score (nSPS) is 10.8. The van der Waals surface area contributed by atoms with Gasteiger partial charge in [0.15, 0.2) is 6.61 Å². The van der Waals surface area contributed by atoms with Crippen molar-refractivity contribution in [2.75, 3.05) is 6.61 Å². The molecule has 0 atom stereocenters. The fourth-order valence-corrected chi connectivity index (χ4v) is 1.33. The Hall–Kier alpha value is -1.84. The number of carbonyl (C=O) groups is 2. The van der Waals surface area contributed by atoms with Crippen LogP contribution in [0.4, 0.5) is 0 Å². The average molecular weight is 249 g/mol. The van der Waals surface area contributed by atoms with E-state index in [1.165, 1.54) is 0 Å². The maximum atomic E-state index is 11.6. The molecule has 0 radical (unpaired) electrons. The molecule has 1 aromatic rings. The van der Waals surface area contributed by atoms with Crippen LogP contribution in [-0.4, -0.2) is 24.3 Å². The van der Waals surface area contributed by atoms with Gasteiger partial charge < -0.3 is 10.1 Å². The van der Waals surface area contributed by atoms with E-state index in [1.54, 1.807) is 24.3 Å². The summed E-state index contributed by atoms with van der Waals surface area (Å²) >= 11 is 0. The molecule has 0 aliphatic carbocycles. The smallest absolute Gasteiger partial charge is 0.258 e. The second-order valence-electron chi connectivity index (χ2n) is 4.76. The maximum Gasteiger partial charge on any atom is 0.258 e. The highest BCUT2D eigenvalue weighted by atomic mass is 16.5. The third kappa shape index (κ3) is 4.57. The summed E-state index contributed by atoms with van der Waals surface area (Å²) in [6, 6.07) is 6.71. The Balaban J connectivity index is 2.49. The van der Waals surface area contributed by atoms with Crippen LogP contribution in [0.2, 0.25) is 0 Å². The van der Waals surface area contributed by atoms with Crippen molar-refractivity contribution in [3.63, 3.8) is 0 Å². The van der Waals surface area contributed by atoms with Crippen LogP contribution < -0.4 is 10.1 Å². The minimum atomic E-state index is -0.231. The van der Waals surface area contributed by atoms with Gasteiger partial charge >= 0.3 is 0 Å². The van der Waals surface area contributed by atoms with Gasteiger partial charge in [-0.3, -0.25) is 9.59 Å². The van der Waals surface area contributed by atoms with E-state index < -0.39 is 0 Å². The highest BCUT2D eigenvalue weighted by molar-refractivity contribution is 5.78. The van der Waals surface area contributed by atoms with Gasteiger partial charge in [0.1, 0.15) is 12.0 Å². The van der Waals surface area contributed by atoms with E-state index in [-0.39, 0.29) is 18.1 Å². The lowest BCUT2D eigenvalue weighted by atomic mass is 10.0. The monoisotopic (exact) mass is 249 g/mol. The summed E-state index contributed by atoms with van der Waals surface area (Å²) in [6.07, 6.45) is 1.59. The molecule has 1 rings (SSSR count). The number of rotatable bonds is 6. The van der Waals surface area contributed by atoms with Crippen LogP contribution >= 0.6 is 0 Å². The summed E-state index contributed by atoms with van der Waals surface area (Å²) in [5, 5.41) is 2.87. The molecule has 0 fully saturated rings. The van der Waals surface area contributed by atoms with Crippen LogP contribution in [0.15, 0.2) is 24.3 Å². The first-order valence-corrected chi connectivity index (χ1v) is 5.96. The molecule has 0 saturated heterocycles. The molecule has 0 aromatic heterocycles. The highest BCUT2D eigenvalue weighted by Crippen LogP contribution is 2.12. The topological polar surface area (TPSA) is 55.4 Å². The molecule has 0 bridgehead atoms. The molecule has 1 aromatic carbocycles. The molecule has 4 heteroatoms. The lowest BCUT2D eigenvalue weighted by Gasteiger charge is -2.24. The van der Waals surface area contributed by atoms with Crippen molar-refractivity contribution in [2.24, 2.45) is 0 Å². The van der Waals surface area contributed by atoms with Crippen LogP contribution in [0.25, 0.3) is 0 Å². The van der Waals surface area contributed by atoms with E-state index in [2.05, 4.69) is 5.32 Å². The van der Waals surface area contributed by atoms with E-state index in [1.807, 2.05) is 20.8 Å². The van der Waals surface area contributed by atoms with Gasteiger partial charge in [-0.25, -0.2) is 0 Å². The highest BCUT2D eigenvalue weighted by Gasteiger charge is 2.17. The quantitative estimate of drug-likeness (QED) is 0.786. The van der Waals surface area contributed by atoms with Crippen molar-refractivity contribution in [1.29, 1.82) is 0 Å². The van der Waals surface area contributed by atoms with Crippen LogP contribution in [0.1, 0.15) is 37.6 Å². The first-order valence-electron chi connectivity index (χ1n) is 5.96. The van der Waals surface area contributed by atoms with Gasteiger partial charge in [0.05, 0.1) is 0 Å². The van der Waals surface area contributed by atoms with Gasteiger partial charge in [-0.15, -0.1) is 0 Å². The van der Waals surface area contributed by atoms with E-state index in [0.717, 1.165) is 12.7 Å². The second-order valence-corrected chi connectivity index (χ2v) is 4.76. The molecule has 98 valence electrons. The van der Waals surface area contributed by atoms with E-state index in [9.17, 15) is 9.59 Å². The van der Waals surface area contributed by atoms with E-state index in [0.29, 0.717) is 11.3 Å². The number of aldehydes is 1. The van der Waals surface area contributed by atoms with Crippen molar-refractivity contribution < 1.29 is 14.3 Å². The minimum absolute atomic E-state index is 0.0499. The molecule has 1 N–H and O–H groups in total. The molecule has 0 saturated carbocycles. The molecular formula is C14H19NO3. The molecule has 0 unspecified atom stereocenters. The number of ether oxygens (including phenoxy) is 1. The van der Waals surface area contributed by atoms with E-state index >= 15 is 0 Å². The fourth-order valence-electron chi connectivity index (χ4n) is 1.33. The second kappa shape index (κ2) is 6.19. The van der Waals surface area contributed by atoms with Gasteiger partial charge in [0.25, 0.3) is 5.91 Å². The Labute approximate surface area is 107 Å². The zero-order valence-electron chi connectivity index (χ0n) is 11.0. The number of hydrogen-bond acceptors (Lipinski definition) is 3. The van der Waals surface area contributed by atoms with Crippen LogP contribution in [0.3, 0.4) is 0 Å². The Kier molecular flexibility index (Phi) is 4.89. The van der Waals surface area contributed by atoms with Gasteiger partial charge in [-0.2, -0.15) is 0 Å². The molecule has 0 aliphatic heterocycles. The van der Waals surface area contributed by atoms with Gasteiger partial charge in [-0.1, -0.05) is 19.1 Å². The summed E-state index contributed by atoms with van der Waals surface area (Å²) in [7, 11) is 0. The van der Waals surface area contributed by atoms with Crippen molar-refractivity contribution in [3.05, 3.63) is 29.8 Å². The third-order valence-electron chi connectivity index (χ3n) is 2.73. The Morgan fingerprint density at radius 1 is 1.44 bits per heavy atom. The van der Waals surface area contributed by atoms with Crippen molar-refractivity contribution in [2.45, 2.75) is 32.7 Å². The molecular weight excluding hydrogens is 230 g/mol. The molecule has 4 nitrogen and oxygen atoms in total. The molecule has 0 aliphatic rings. The molecule has 1 amide bonds. The lowest BCUT2D eigenvalue weighted by Crippen LogP contribution is -2.44. The zero-order valence-corrected chi connectivity index (χ0v) is 11.0. The number of carbonyl (C=O) groups excluding carboxylic acids is 2. The third-order valence-corrected chi connectivity index (χ3v) is 2.73. The predicted molar refractivity (Wildman–Crippen MR) is 69.8 cm³/mol.